The normalized spacial score (nSPS) is 33.2. The number of rotatable bonds is 3. The Labute approximate surface area is 79.7 Å². The molecule has 2 aliphatic rings. The van der Waals surface area contributed by atoms with Crippen LogP contribution in [0.2, 0.25) is 0 Å². The van der Waals surface area contributed by atoms with E-state index in [4.69, 9.17) is 4.74 Å². The maximum Gasteiger partial charge on any atom is 0.0674 e. The Morgan fingerprint density at radius 3 is 2.92 bits per heavy atom. The van der Waals surface area contributed by atoms with E-state index < -0.39 is 0 Å². The van der Waals surface area contributed by atoms with Crippen molar-refractivity contribution in [2.45, 2.75) is 37.9 Å². The summed E-state index contributed by atoms with van der Waals surface area (Å²) < 4.78 is 5.45. The molecular formula is C10H19NO2. The maximum atomic E-state index is 9.67. The van der Waals surface area contributed by atoms with Crippen LogP contribution in [0.3, 0.4) is 0 Å². The number of morpholine rings is 1. The average molecular weight is 185 g/mol. The van der Waals surface area contributed by atoms with Crippen LogP contribution in [-0.2, 0) is 4.74 Å². The SMILES string of the molecule is C[C@H]1CN(CCC2(O)CC2)CCO1. The van der Waals surface area contributed by atoms with Crippen LogP contribution in [-0.4, -0.2) is 48.0 Å². The van der Waals surface area contributed by atoms with Crippen molar-refractivity contribution >= 4 is 0 Å². The third-order valence-electron chi connectivity index (χ3n) is 3.05. The van der Waals surface area contributed by atoms with E-state index in [2.05, 4.69) is 11.8 Å². The largest absolute Gasteiger partial charge is 0.390 e. The van der Waals surface area contributed by atoms with Gasteiger partial charge in [-0.05, 0) is 26.2 Å². The molecule has 1 aliphatic heterocycles. The Morgan fingerprint density at radius 2 is 2.31 bits per heavy atom. The summed E-state index contributed by atoms with van der Waals surface area (Å²) in [4.78, 5) is 2.39. The molecule has 2 fully saturated rings. The molecule has 0 radical (unpaired) electrons. The highest BCUT2D eigenvalue weighted by atomic mass is 16.5. The molecule has 1 saturated heterocycles. The lowest BCUT2D eigenvalue weighted by Crippen LogP contribution is -2.42. The summed E-state index contributed by atoms with van der Waals surface area (Å²) in [5.74, 6) is 0. The van der Waals surface area contributed by atoms with E-state index in [0.717, 1.165) is 45.5 Å². The first-order valence-corrected chi connectivity index (χ1v) is 5.24. The fourth-order valence-corrected chi connectivity index (χ4v) is 1.85. The molecule has 0 unspecified atom stereocenters. The molecule has 76 valence electrons. The quantitative estimate of drug-likeness (QED) is 0.699. The van der Waals surface area contributed by atoms with Gasteiger partial charge in [-0.1, -0.05) is 0 Å². The van der Waals surface area contributed by atoms with Crippen LogP contribution >= 0.6 is 0 Å². The molecule has 2 rings (SSSR count). The van der Waals surface area contributed by atoms with Gasteiger partial charge in [0.05, 0.1) is 18.3 Å². The molecule has 1 saturated carbocycles. The Hall–Kier alpha value is -0.120. The van der Waals surface area contributed by atoms with Crippen molar-refractivity contribution in [3.05, 3.63) is 0 Å². The lowest BCUT2D eigenvalue weighted by molar-refractivity contribution is -0.0232. The monoisotopic (exact) mass is 185 g/mol. The lowest BCUT2D eigenvalue weighted by Gasteiger charge is -2.31. The number of ether oxygens (including phenoxy) is 1. The van der Waals surface area contributed by atoms with Gasteiger partial charge in [-0.15, -0.1) is 0 Å². The smallest absolute Gasteiger partial charge is 0.0674 e. The first-order chi connectivity index (χ1) is 6.18. The highest BCUT2D eigenvalue weighted by Gasteiger charge is 2.40. The van der Waals surface area contributed by atoms with E-state index in [0.29, 0.717) is 6.10 Å². The molecule has 1 atom stereocenters. The van der Waals surface area contributed by atoms with Crippen molar-refractivity contribution in [1.82, 2.24) is 4.90 Å². The molecule has 1 N–H and O–H groups in total. The van der Waals surface area contributed by atoms with Crippen LogP contribution in [0.1, 0.15) is 26.2 Å². The first-order valence-electron chi connectivity index (χ1n) is 5.24. The third kappa shape index (κ3) is 2.66. The van der Waals surface area contributed by atoms with Gasteiger partial charge < -0.3 is 9.84 Å². The van der Waals surface area contributed by atoms with Crippen LogP contribution in [0.5, 0.6) is 0 Å². The number of aliphatic hydroxyl groups is 1. The van der Waals surface area contributed by atoms with Gasteiger partial charge in [0.15, 0.2) is 0 Å². The molecule has 0 aromatic carbocycles. The fraction of sp³-hybridized carbons (Fsp3) is 1.00. The van der Waals surface area contributed by atoms with Gasteiger partial charge in [0.25, 0.3) is 0 Å². The molecule has 3 heteroatoms. The minimum atomic E-state index is -0.290. The number of nitrogens with zero attached hydrogens (tertiary/aromatic N) is 1. The molecule has 0 amide bonds. The predicted octanol–water partition coefficient (Wildman–Crippen LogP) is 0.622. The van der Waals surface area contributed by atoms with Gasteiger partial charge in [0, 0.05) is 19.6 Å². The minimum absolute atomic E-state index is 0.290. The van der Waals surface area contributed by atoms with Crippen LogP contribution in [0.4, 0.5) is 0 Å². The van der Waals surface area contributed by atoms with E-state index >= 15 is 0 Å². The molecule has 13 heavy (non-hydrogen) atoms. The second kappa shape index (κ2) is 3.56. The van der Waals surface area contributed by atoms with Crippen LogP contribution in [0, 0.1) is 0 Å². The lowest BCUT2D eigenvalue weighted by atomic mass is 10.2. The molecule has 0 aromatic heterocycles. The average Bonchev–Trinajstić information content (AvgIpc) is 2.82. The first kappa shape index (κ1) is 9.44. The summed E-state index contributed by atoms with van der Waals surface area (Å²) in [6.45, 7) is 6.04. The zero-order valence-corrected chi connectivity index (χ0v) is 8.33. The molecule has 0 spiro atoms. The highest BCUT2D eigenvalue weighted by Crippen LogP contribution is 2.38. The van der Waals surface area contributed by atoms with E-state index in [1.165, 1.54) is 0 Å². The zero-order valence-electron chi connectivity index (χ0n) is 8.33. The van der Waals surface area contributed by atoms with Gasteiger partial charge in [-0.3, -0.25) is 4.90 Å². The van der Waals surface area contributed by atoms with E-state index in [1.54, 1.807) is 0 Å². The van der Waals surface area contributed by atoms with E-state index in [9.17, 15) is 5.11 Å². The fourth-order valence-electron chi connectivity index (χ4n) is 1.85. The summed E-state index contributed by atoms with van der Waals surface area (Å²) >= 11 is 0. The molecular weight excluding hydrogens is 166 g/mol. The molecule has 1 aliphatic carbocycles. The second-order valence-corrected chi connectivity index (χ2v) is 4.46. The van der Waals surface area contributed by atoms with Gasteiger partial charge in [0.2, 0.25) is 0 Å². The summed E-state index contributed by atoms with van der Waals surface area (Å²) in [5, 5.41) is 9.67. The Balaban J connectivity index is 1.68. The van der Waals surface area contributed by atoms with Crippen molar-refractivity contribution < 1.29 is 9.84 Å². The standard InChI is InChI=1S/C10H19NO2/c1-9-8-11(6-7-13-9)5-4-10(12)2-3-10/h9,12H,2-8H2,1H3/t9-/m0/s1. The second-order valence-electron chi connectivity index (χ2n) is 4.46. The summed E-state index contributed by atoms with van der Waals surface area (Å²) in [5.41, 5.74) is -0.290. The van der Waals surface area contributed by atoms with Crippen molar-refractivity contribution in [2.75, 3.05) is 26.2 Å². The van der Waals surface area contributed by atoms with Crippen molar-refractivity contribution in [3.63, 3.8) is 0 Å². The maximum absolute atomic E-state index is 9.67. The Morgan fingerprint density at radius 1 is 1.54 bits per heavy atom. The van der Waals surface area contributed by atoms with Crippen LogP contribution in [0.15, 0.2) is 0 Å². The summed E-state index contributed by atoms with van der Waals surface area (Å²) in [6.07, 6.45) is 3.32. The van der Waals surface area contributed by atoms with Gasteiger partial charge >= 0.3 is 0 Å². The predicted molar refractivity (Wildman–Crippen MR) is 50.7 cm³/mol. The van der Waals surface area contributed by atoms with Gasteiger partial charge in [-0.25, -0.2) is 0 Å². The topological polar surface area (TPSA) is 32.7 Å². The van der Waals surface area contributed by atoms with Crippen molar-refractivity contribution in [1.29, 1.82) is 0 Å². The third-order valence-corrected chi connectivity index (χ3v) is 3.05. The minimum Gasteiger partial charge on any atom is -0.390 e. The summed E-state index contributed by atoms with van der Waals surface area (Å²) in [6, 6.07) is 0. The number of hydrogen-bond acceptors (Lipinski definition) is 3. The van der Waals surface area contributed by atoms with E-state index in [1.807, 2.05) is 0 Å². The molecule has 0 bridgehead atoms. The van der Waals surface area contributed by atoms with Gasteiger partial charge in [0.1, 0.15) is 0 Å². The van der Waals surface area contributed by atoms with E-state index in [-0.39, 0.29) is 5.60 Å². The molecule has 3 nitrogen and oxygen atoms in total. The van der Waals surface area contributed by atoms with Crippen molar-refractivity contribution in [2.24, 2.45) is 0 Å². The Bertz CT molecular complexity index is 180. The molecule has 1 heterocycles. The summed E-state index contributed by atoms with van der Waals surface area (Å²) in [7, 11) is 0. The Kier molecular flexibility index (Phi) is 2.58. The molecule has 0 aromatic rings. The van der Waals surface area contributed by atoms with Crippen LogP contribution in [0.25, 0.3) is 0 Å². The number of hydrogen-bond donors (Lipinski definition) is 1. The van der Waals surface area contributed by atoms with Crippen LogP contribution < -0.4 is 0 Å². The van der Waals surface area contributed by atoms with Crippen molar-refractivity contribution in [3.8, 4) is 0 Å². The van der Waals surface area contributed by atoms with Gasteiger partial charge in [-0.2, -0.15) is 0 Å². The highest BCUT2D eigenvalue weighted by molar-refractivity contribution is 4.93. The zero-order chi connectivity index (χ0) is 9.31.